The molecule has 7 heteroatoms. The molecule has 138 valence electrons. The smallest absolute Gasteiger partial charge is 0.255 e. The minimum Gasteiger partial charge on any atom is -0.494 e. The molecule has 2 aromatic carbocycles. The summed E-state index contributed by atoms with van der Waals surface area (Å²) in [5.41, 5.74) is 0.857. The first kappa shape index (κ1) is 19.7. The largest absolute Gasteiger partial charge is 0.494 e. The third-order valence-electron chi connectivity index (χ3n) is 3.56. The number of hydrogen-bond acceptors (Lipinski definition) is 3. The van der Waals surface area contributed by atoms with Crippen LogP contribution in [0.1, 0.15) is 34.6 Å². The van der Waals surface area contributed by atoms with Crippen LogP contribution in [0, 0.1) is 11.7 Å². The highest BCUT2D eigenvalue weighted by molar-refractivity contribution is 6.34. The van der Waals surface area contributed by atoms with Crippen LogP contribution >= 0.6 is 11.6 Å². The highest BCUT2D eigenvalue weighted by Gasteiger charge is 2.14. The van der Waals surface area contributed by atoms with Crippen LogP contribution in [0.5, 0.6) is 5.75 Å². The summed E-state index contributed by atoms with van der Waals surface area (Å²) in [4.78, 5) is 24.3. The van der Waals surface area contributed by atoms with E-state index < -0.39 is 11.7 Å². The second-order valence-electron chi connectivity index (χ2n) is 6.10. The molecule has 0 fully saturated rings. The zero-order chi connectivity index (χ0) is 19.3. The molecule has 0 aliphatic carbocycles. The maximum Gasteiger partial charge on any atom is 0.255 e. The van der Waals surface area contributed by atoms with Crippen molar-refractivity contribution in [1.82, 2.24) is 5.32 Å². The lowest BCUT2D eigenvalue weighted by molar-refractivity contribution is 0.0948. The van der Waals surface area contributed by atoms with Gasteiger partial charge in [0.25, 0.3) is 11.8 Å². The zero-order valence-corrected chi connectivity index (χ0v) is 15.5. The number of amides is 2. The van der Waals surface area contributed by atoms with Gasteiger partial charge in [0, 0.05) is 17.8 Å². The highest BCUT2D eigenvalue weighted by Crippen LogP contribution is 2.23. The number of anilines is 1. The summed E-state index contributed by atoms with van der Waals surface area (Å²) >= 11 is 6.15. The molecule has 0 aromatic heterocycles. The second-order valence-corrected chi connectivity index (χ2v) is 6.51. The number of benzene rings is 2. The van der Waals surface area contributed by atoms with Crippen molar-refractivity contribution in [2.75, 3.05) is 19.0 Å². The topological polar surface area (TPSA) is 67.4 Å². The Morgan fingerprint density at radius 2 is 1.88 bits per heavy atom. The lowest BCUT2D eigenvalue weighted by Crippen LogP contribution is -2.27. The van der Waals surface area contributed by atoms with E-state index in [0.29, 0.717) is 23.7 Å². The average molecular weight is 379 g/mol. The number of methoxy groups -OCH3 is 1. The lowest BCUT2D eigenvalue weighted by atomic mass is 10.1. The summed E-state index contributed by atoms with van der Waals surface area (Å²) < 4.78 is 18.5. The number of halogens is 2. The van der Waals surface area contributed by atoms with E-state index >= 15 is 0 Å². The molecule has 0 aliphatic heterocycles. The quantitative estimate of drug-likeness (QED) is 0.794. The van der Waals surface area contributed by atoms with E-state index in [1.165, 1.54) is 31.4 Å². The normalized spacial score (nSPS) is 10.5. The summed E-state index contributed by atoms with van der Waals surface area (Å²) in [5.74, 6) is -1.03. The summed E-state index contributed by atoms with van der Waals surface area (Å²) in [6.07, 6.45) is 0. The Labute approximate surface area is 156 Å². The number of carbonyl (C=O) groups excluding carboxylic acids is 2. The molecular weight excluding hydrogens is 359 g/mol. The van der Waals surface area contributed by atoms with Crippen LogP contribution in [-0.2, 0) is 0 Å². The molecule has 2 rings (SSSR count). The van der Waals surface area contributed by atoms with Gasteiger partial charge in [-0.05, 0) is 42.3 Å². The molecule has 0 bridgehead atoms. The van der Waals surface area contributed by atoms with Crippen LogP contribution in [-0.4, -0.2) is 25.5 Å². The Hall–Kier alpha value is -2.60. The Morgan fingerprint density at radius 3 is 2.46 bits per heavy atom. The summed E-state index contributed by atoms with van der Waals surface area (Å²) in [7, 11) is 1.35. The van der Waals surface area contributed by atoms with Gasteiger partial charge in [0.15, 0.2) is 11.6 Å². The lowest BCUT2D eigenvalue weighted by Gasteiger charge is -2.11. The summed E-state index contributed by atoms with van der Waals surface area (Å²) in [5, 5.41) is 5.61. The molecule has 0 unspecified atom stereocenters. The SMILES string of the molecule is COc1ccc(C(=O)Nc2ccc(C(=O)NCC(C)C)c(Cl)c2)cc1F. The molecule has 0 aliphatic rings. The van der Waals surface area contributed by atoms with E-state index in [1.54, 1.807) is 6.07 Å². The van der Waals surface area contributed by atoms with Gasteiger partial charge in [-0.25, -0.2) is 4.39 Å². The highest BCUT2D eigenvalue weighted by atomic mass is 35.5. The van der Waals surface area contributed by atoms with E-state index in [2.05, 4.69) is 10.6 Å². The maximum absolute atomic E-state index is 13.7. The maximum atomic E-state index is 13.7. The van der Waals surface area contributed by atoms with Gasteiger partial charge in [0.1, 0.15) is 0 Å². The second kappa shape index (κ2) is 8.67. The van der Waals surface area contributed by atoms with Gasteiger partial charge < -0.3 is 15.4 Å². The van der Waals surface area contributed by atoms with Crippen molar-refractivity contribution < 1.29 is 18.7 Å². The molecule has 0 radical (unpaired) electrons. The summed E-state index contributed by atoms with van der Waals surface area (Å²) in [6.45, 7) is 4.52. The van der Waals surface area contributed by atoms with Crippen LogP contribution in [0.15, 0.2) is 36.4 Å². The predicted octanol–water partition coefficient (Wildman–Crippen LogP) is 4.13. The molecule has 0 saturated heterocycles. The number of rotatable bonds is 6. The molecule has 0 spiro atoms. The fourth-order valence-electron chi connectivity index (χ4n) is 2.18. The first-order chi connectivity index (χ1) is 12.3. The summed E-state index contributed by atoms with van der Waals surface area (Å²) in [6, 6.07) is 8.48. The number of nitrogens with one attached hydrogen (secondary N) is 2. The molecule has 2 N–H and O–H groups in total. The third-order valence-corrected chi connectivity index (χ3v) is 3.87. The Morgan fingerprint density at radius 1 is 1.15 bits per heavy atom. The van der Waals surface area contributed by atoms with Crippen molar-refractivity contribution in [1.29, 1.82) is 0 Å². The van der Waals surface area contributed by atoms with Gasteiger partial charge in [-0.1, -0.05) is 25.4 Å². The van der Waals surface area contributed by atoms with Crippen molar-refractivity contribution in [2.24, 2.45) is 5.92 Å². The number of hydrogen-bond donors (Lipinski definition) is 2. The first-order valence-electron chi connectivity index (χ1n) is 8.04. The van der Waals surface area contributed by atoms with Gasteiger partial charge in [0.05, 0.1) is 17.7 Å². The molecular formula is C19H20ClFN2O3. The van der Waals surface area contributed by atoms with Crippen molar-refractivity contribution in [3.05, 3.63) is 58.4 Å². The van der Waals surface area contributed by atoms with Crippen LogP contribution in [0.2, 0.25) is 5.02 Å². The Bertz CT molecular complexity index is 824. The van der Waals surface area contributed by atoms with Gasteiger partial charge >= 0.3 is 0 Å². The van der Waals surface area contributed by atoms with Crippen LogP contribution in [0.25, 0.3) is 0 Å². The van der Waals surface area contributed by atoms with Crippen LogP contribution in [0.4, 0.5) is 10.1 Å². The van der Waals surface area contributed by atoms with Gasteiger partial charge in [0.2, 0.25) is 0 Å². The van der Waals surface area contributed by atoms with E-state index in [9.17, 15) is 14.0 Å². The predicted molar refractivity (Wildman–Crippen MR) is 99.5 cm³/mol. The van der Waals surface area contributed by atoms with Crippen molar-refractivity contribution in [3.8, 4) is 5.75 Å². The molecule has 0 saturated carbocycles. The average Bonchev–Trinajstić information content (AvgIpc) is 2.59. The van der Waals surface area contributed by atoms with Crippen LogP contribution in [0.3, 0.4) is 0 Å². The van der Waals surface area contributed by atoms with E-state index in [-0.39, 0.29) is 22.2 Å². The minimum absolute atomic E-state index is 0.0568. The minimum atomic E-state index is -0.629. The fourth-order valence-corrected chi connectivity index (χ4v) is 2.45. The number of ether oxygens (including phenoxy) is 1. The van der Waals surface area contributed by atoms with Crippen LogP contribution < -0.4 is 15.4 Å². The van der Waals surface area contributed by atoms with Crippen molar-refractivity contribution in [3.63, 3.8) is 0 Å². The monoisotopic (exact) mass is 378 g/mol. The van der Waals surface area contributed by atoms with E-state index in [1.807, 2.05) is 13.8 Å². The van der Waals surface area contributed by atoms with Gasteiger partial charge in [-0.15, -0.1) is 0 Å². The molecule has 0 atom stereocenters. The van der Waals surface area contributed by atoms with E-state index in [4.69, 9.17) is 16.3 Å². The Balaban J connectivity index is 2.10. The molecule has 26 heavy (non-hydrogen) atoms. The third kappa shape index (κ3) is 4.95. The van der Waals surface area contributed by atoms with Crippen molar-refractivity contribution >= 4 is 29.1 Å². The van der Waals surface area contributed by atoms with Gasteiger partial charge in [-0.3, -0.25) is 9.59 Å². The first-order valence-corrected chi connectivity index (χ1v) is 8.42. The van der Waals surface area contributed by atoms with Crippen molar-refractivity contribution in [2.45, 2.75) is 13.8 Å². The molecule has 0 heterocycles. The van der Waals surface area contributed by atoms with E-state index in [0.717, 1.165) is 6.07 Å². The van der Waals surface area contributed by atoms with Gasteiger partial charge in [-0.2, -0.15) is 0 Å². The standard InChI is InChI=1S/C19H20ClFN2O3/c1-11(2)10-22-19(25)14-6-5-13(9-15(14)20)23-18(24)12-4-7-17(26-3)16(21)8-12/h4-9,11H,10H2,1-3H3,(H,22,25)(H,23,24). The Kier molecular flexibility index (Phi) is 6.58. The molecule has 2 amide bonds. The molecule has 5 nitrogen and oxygen atoms in total. The number of carbonyl (C=O) groups is 2. The zero-order valence-electron chi connectivity index (χ0n) is 14.7. The fraction of sp³-hybridized carbons (Fsp3) is 0.263. The molecule has 2 aromatic rings.